The predicted octanol–water partition coefficient (Wildman–Crippen LogP) is 2.83. The first-order chi connectivity index (χ1) is 11.7. The second-order valence-electron chi connectivity index (χ2n) is 6.25. The minimum Gasteiger partial charge on any atom is -0.366 e. The summed E-state index contributed by atoms with van der Waals surface area (Å²) in [5.74, 6) is 1.58. The lowest BCUT2D eigenvalue weighted by Gasteiger charge is -2.33. The lowest BCUT2D eigenvalue weighted by Crippen LogP contribution is -2.43. The zero-order chi connectivity index (χ0) is 16.5. The molecule has 0 spiro atoms. The number of aromatic nitrogens is 2. The largest absolute Gasteiger partial charge is 0.366 e. The lowest BCUT2D eigenvalue weighted by atomic mass is 9.92. The summed E-state index contributed by atoms with van der Waals surface area (Å²) in [5, 5.41) is 5.97. The Balaban J connectivity index is 1.38. The molecule has 0 bridgehead atoms. The average molecular weight is 345 g/mol. The number of rotatable bonds is 3. The number of fused-ring (bicyclic) bond motifs is 1. The molecule has 0 N–H and O–H groups in total. The second kappa shape index (κ2) is 6.49. The van der Waals surface area contributed by atoms with Gasteiger partial charge < -0.3 is 14.2 Å². The summed E-state index contributed by atoms with van der Waals surface area (Å²) in [6.07, 6.45) is 5.31. The highest BCUT2D eigenvalue weighted by Crippen LogP contribution is 2.39. The zero-order valence-corrected chi connectivity index (χ0v) is 14.2. The highest BCUT2D eigenvalue weighted by atomic mass is 32.1. The monoisotopic (exact) mass is 345 g/mol. The summed E-state index contributed by atoms with van der Waals surface area (Å²) >= 11 is 1.63. The van der Waals surface area contributed by atoms with Crippen LogP contribution >= 0.6 is 11.3 Å². The van der Waals surface area contributed by atoms with Crippen LogP contribution in [0, 0.1) is 12.8 Å². The van der Waals surface area contributed by atoms with Gasteiger partial charge in [-0.15, -0.1) is 11.3 Å². The Bertz CT molecular complexity index is 740. The van der Waals surface area contributed by atoms with Crippen molar-refractivity contribution in [2.24, 2.45) is 5.92 Å². The molecule has 2 aliphatic heterocycles. The third-order valence-corrected chi connectivity index (χ3v) is 5.43. The number of carbonyl (C=O) groups excluding carboxylic acids is 1. The summed E-state index contributed by atoms with van der Waals surface area (Å²) in [6, 6.07) is 3.99. The Kier molecular flexibility index (Phi) is 4.20. The molecule has 1 amide bonds. The maximum absolute atomic E-state index is 12.4. The molecule has 7 heteroatoms. The molecule has 2 aromatic heterocycles. The smallest absolute Gasteiger partial charge is 0.246 e. The van der Waals surface area contributed by atoms with Crippen LogP contribution in [-0.4, -0.2) is 40.1 Å². The van der Waals surface area contributed by atoms with Crippen molar-refractivity contribution < 1.29 is 14.1 Å². The number of amides is 1. The van der Waals surface area contributed by atoms with Crippen LogP contribution in [0.5, 0.6) is 0 Å². The van der Waals surface area contributed by atoms with E-state index >= 15 is 0 Å². The van der Waals surface area contributed by atoms with Gasteiger partial charge >= 0.3 is 0 Å². The number of aryl methyl sites for hydroxylation is 1. The van der Waals surface area contributed by atoms with Crippen molar-refractivity contribution in [2.45, 2.75) is 32.0 Å². The highest BCUT2D eigenvalue weighted by molar-refractivity contribution is 7.10. The van der Waals surface area contributed by atoms with Gasteiger partial charge in [0.1, 0.15) is 6.10 Å². The van der Waals surface area contributed by atoms with E-state index in [0.29, 0.717) is 17.6 Å². The Labute approximate surface area is 144 Å². The van der Waals surface area contributed by atoms with E-state index in [1.54, 1.807) is 24.3 Å². The van der Waals surface area contributed by atoms with Gasteiger partial charge in [-0.05, 0) is 30.4 Å². The summed E-state index contributed by atoms with van der Waals surface area (Å²) in [5.41, 5.74) is 0. The molecule has 0 aromatic carbocycles. The van der Waals surface area contributed by atoms with Gasteiger partial charge in [0, 0.05) is 36.9 Å². The van der Waals surface area contributed by atoms with Crippen LogP contribution in [0.15, 0.2) is 28.1 Å². The first kappa shape index (κ1) is 15.5. The molecule has 24 heavy (non-hydrogen) atoms. The van der Waals surface area contributed by atoms with Gasteiger partial charge in [-0.1, -0.05) is 11.2 Å². The fraction of sp³-hybridized carbons (Fsp3) is 0.471. The molecule has 0 unspecified atom stereocenters. The van der Waals surface area contributed by atoms with E-state index < -0.39 is 0 Å². The van der Waals surface area contributed by atoms with E-state index in [-0.39, 0.29) is 18.1 Å². The summed E-state index contributed by atoms with van der Waals surface area (Å²) < 4.78 is 11.1. The molecule has 0 radical (unpaired) electrons. The molecule has 6 nitrogen and oxygen atoms in total. The van der Waals surface area contributed by atoms with Crippen molar-refractivity contribution in [3.63, 3.8) is 0 Å². The highest BCUT2D eigenvalue weighted by Gasteiger charge is 2.41. The van der Waals surface area contributed by atoms with Crippen LogP contribution in [0.2, 0.25) is 0 Å². The molecule has 0 aliphatic carbocycles. The van der Waals surface area contributed by atoms with Crippen molar-refractivity contribution in [3.05, 3.63) is 40.2 Å². The molecule has 2 aliphatic rings. The first-order valence-electron chi connectivity index (χ1n) is 8.15. The van der Waals surface area contributed by atoms with Crippen molar-refractivity contribution in [1.82, 2.24) is 15.0 Å². The van der Waals surface area contributed by atoms with E-state index in [2.05, 4.69) is 10.1 Å². The molecular weight excluding hydrogens is 326 g/mol. The average Bonchev–Trinajstić information content (AvgIpc) is 3.31. The van der Waals surface area contributed by atoms with Crippen molar-refractivity contribution >= 4 is 23.3 Å². The topological polar surface area (TPSA) is 68.5 Å². The number of hydrogen-bond acceptors (Lipinski definition) is 6. The molecule has 3 atom stereocenters. The van der Waals surface area contributed by atoms with Crippen molar-refractivity contribution in [2.75, 3.05) is 13.1 Å². The van der Waals surface area contributed by atoms with Gasteiger partial charge in [0.2, 0.25) is 17.6 Å². The van der Waals surface area contributed by atoms with E-state index in [9.17, 15) is 4.79 Å². The lowest BCUT2D eigenvalue weighted by molar-refractivity contribution is -0.129. The normalized spacial score (nSPS) is 26.9. The van der Waals surface area contributed by atoms with Gasteiger partial charge in [-0.3, -0.25) is 4.79 Å². The number of ether oxygens (including phenoxy) is 1. The standard InChI is InChI=1S/C17H19N3O3S/c1-11-18-17(19-23-11)15-9-12-10-20(7-6-14(12)22-15)16(21)5-4-13-3-2-8-24-13/h2-5,8,12,14-15H,6-7,9-10H2,1H3/b5-4+/t12-,14-,15+/m0/s1. The molecule has 2 saturated heterocycles. The predicted molar refractivity (Wildman–Crippen MR) is 89.3 cm³/mol. The maximum Gasteiger partial charge on any atom is 0.246 e. The van der Waals surface area contributed by atoms with Crippen molar-refractivity contribution in [3.8, 4) is 0 Å². The van der Waals surface area contributed by atoms with Crippen LogP contribution < -0.4 is 0 Å². The molecule has 2 aromatic rings. The van der Waals surface area contributed by atoms with Crippen LogP contribution in [0.25, 0.3) is 6.08 Å². The fourth-order valence-corrected chi connectivity index (χ4v) is 4.03. The number of carbonyl (C=O) groups is 1. The van der Waals surface area contributed by atoms with Gasteiger partial charge in [0.25, 0.3) is 0 Å². The first-order valence-corrected chi connectivity index (χ1v) is 9.03. The second-order valence-corrected chi connectivity index (χ2v) is 7.23. The Morgan fingerprint density at radius 3 is 3.17 bits per heavy atom. The van der Waals surface area contributed by atoms with Crippen LogP contribution in [0.4, 0.5) is 0 Å². The molecule has 4 rings (SSSR count). The number of nitrogens with zero attached hydrogens (tertiary/aromatic N) is 3. The molecule has 2 fully saturated rings. The SMILES string of the molecule is Cc1nc([C@H]2C[C@H]3CN(C(=O)/C=C/c4cccs4)CC[C@@H]3O2)no1. The van der Waals surface area contributed by atoms with Crippen molar-refractivity contribution in [1.29, 1.82) is 0 Å². The van der Waals surface area contributed by atoms with E-state index in [1.807, 2.05) is 28.5 Å². The molecule has 126 valence electrons. The summed E-state index contributed by atoms with van der Waals surface area (Å²) in [4.78, 5) is 19.7. The van der Waals surface area contributed by atoms with E-state index in [4.69, 9.17) is 9.26 Å². The minimum absolute atomic E-state index is 0.0701. The molecular formula is C17H19N3O3S. The Hall–Kier alpha value is -1.99. The quantitative estimate of drug-likeness (QED) is 0.800. The number of hydrogen-bond donors (Lipinski definition) is 0. The van der Waals surface area contributed by atoms with Crippen LogP contribution in [0.1, 0.15) is 35.5 Å². The van der Waals surface area contributed by atoms with Gasteiger partial charge in [0.05, 0.1) is 6.10 Å². The van der Waals surface area contributed by atoms with Gasteiger partial charge in [-0.2, -0.15) is 4.98 Å². The third-order valence-electron chi connectivity index (χ3n) is 4.60. The van der Waals surface area contributed by atoms with Gasteiger partial charge in [-0.25, -0.2) is 0 Å². The van der Waals surface area contributed by atoms with Crippen LogP contribution in [0.3, 0.4) is 0 Å². The maximum atomic E-state index is 12.4. The number of piperidine rings is 1. The van der Waals surface area contributed by atoms with E-state index in [1.165, 1.54) is 0 Å². The minimum atomic E-state index is -0.117. The number of likely N-dealkylation sites (tertiary alicyclic amines) is 1. The summed E-state index contributed by atoms with van der Waals surface area (Å²) in [7, 11) is 0. The summed E-state index contributed by atoms with van der Waals surface area (Å²) in [6.45, 7) is 3.23. The molecule has 4 heterocycles. The zero-order valence-electron chi connectivity index (χ0n) is 13.4. The van der Waals surface area contributed by atoms with Gasteiger partial charge in [0.15, 0.2) is 0 Å². The van der Waals surface area contributed by atoms with Crippen LogP contribution in [-0.2, 0) is 9.53 Å². The fourth-order valence-electron chi connectivity index (χ4n) is 3.41. The van der Waals surface area contributed by atoms with E-state index in [0.717, 1.165) is 30.8 Å². The Morgan fingerprint density at radius 2 is 2.42 bits per heavy atom. The third kappa shape index (κ3) is 3.14. The number of thiophene rings is 1. The molecule has 0 saturated carbocycles. The Morgan fingerprint density at radius 1 is 1.50 bits per heavy atom.